The van der Waals surface area contributed by atoms with Crippen molar-refractivity contribution >= 4 is 11.0 Å². The average molecular weight is 421 g/mol. The van der Waals surface area contributed by atoms with E-state index in [-0.39, 0.29) is 0 Å². The molecule has 0 aliphatic rings. The lowest BCUT2D eigenvalue weighted by atomic mass is 10.2. The molecule has 0 amide bonds. The Morgan fingerprint density at radius 3 is 2.39 bits per heavy atom. The van der Waals surface area contributed by atoms with Gasteiger partial charge in [-0.25, -0.2) is 4.79 Å². The van der Waals surface area contributed by atoms with Crippen molar-refractivity contribution in [2.24, 2.45) is 0 Å². The maximum atomic E-state index is 11.6. The number of benzene rings is 1. The highest BCUT2D eigenvalue weighted by atomic mass is 16.5. The zero-order valence-electron chi connectivity index (χ0n) is 18.9. The molecule has 1 aromatic heterocycles. The van der Waals surface area contributed by atoms with E-state index in [2.05, 4.69) is 13.2 Å². The topological polar surface area (TPSA) is 48.7 Å². The van der Waals surface area contributed by atoms with Crippen LogP contribution in [0.2, 0.25) is 0 Å². The standard InChI is InChI=1S/C25H26O4.C2H6/c1-5-8-9-12-19(4)17-27-23-15-21-13-14-25(26)29-22(21)16-24(23)28-18-20(10-6-2)11-7-3;1-2/h5-16H,1-2,17-18H2,3-4H3;1-2H3/b9-8-,11-7-,19-12+,20-10+;. The smallest absolute Gasteiger partial charge is 0.336 e. The summed E-state index contributed by atoms with van der Waals surface area (Å²) in [5.41, 5.74) is 2.02. The van der Waals surface area contributed by atoms with E-state index in [1.807, 2.05) is 70.2 Å². The molecule has 4 nitrogen and oxygen atoms in total. The fraction of sp³-hybridized carbons (Fsp3) is 0.222. The Morgan fingerprint density at radius 2 is 1.71 bits per heavy atom. The molecular weight excluding hydrogens is 388 g/mol. The van der Waals surface area contributed by atoms with Crippen LogP contribution in [0.3, 0.4) is 0 Å². The highest BCUT2D eigenvalue weighted by molar-refractivity contribution is 5.80. The van der Waals surface area contributed by atoms with Crippen LogP contribution in [0.25, 0.3) is 11.0 Å². The van der Waals surface area contributed by atoms with Gasteiger partial charge in [-0.15, -0.1) is 0 Å². The second kappa shape index (κ2) is 14.5. The van der Waals surface area contributed by atoms with Gasteiger partial charge in [0.25, 0.3) is 0 Å². The van der Waals surface area contributed by atoms with Crippen LogP contribution in [-0.2, 0) is 0 Å². The first-order valence-electron chi connectivity index (χ1n) is 10.3. The summed E-state index contributed by atoms with van der Waals surface area (Å²) in [6.45, 7) is 16.0. The largest absolute Gasteiger partial charge is 0.485 e. The van der Waals surface area contributed by atoms with Crippen molar-refractivity contribution in [3.05, 3.63) is 108 Å². The fourth-order valence-electron chi connectivity index (χ4n) is 2.52. The molecule has 0 bridgehead atoms. The van der Waals surface area contributed by atoms with Crippen molar-refractivity contribution in [3.8, 4) is 11.5 Å². The van der Waals surface area contributed by atoms with Crippen molar-refractivity contribution in [3.63, 3.8) is 0 Å². The molecule has 0 aliphatic carbocycles. The average Bonchev–Trinajstić information content (AvgIpc) is 2.77. The first kappa shape index (κ1) is 25.5. The van der Waals surface area contributed by atoms with E-state index in [9.17, 15) is 4.79 Å². The Bertz CT molecular complexity index is 1030. The monoisotopic (exact) mass is 420 g/mol. The number of hydrogen-bond donors (Lipinski definition) is 0. The molecule has 2 rings (SSSR count). The predicted octanol–water partition coefficient (Wildman–Crippen LogP) is 6.95. The molecule has 2 aromatic rings. The molecule has 0 radical (unpaired) electrons. The first-order valence-corrected chi connectivity index (χ1v) is 10.3. The Hall–Kier alpha value is -3.53. The van der Waals surface area contributed by atoms with Crippen LogP contribution in [0.15, 0.2) is 106 Å². The van der Waals surface area contributed by atoms with Gasteiger partial charge < -0.3 is 13.9 Å². The summed E-state index contributed by atoms with van der Waals surface area (Å²) in [6, 6.07) is 6.59. The fourth-order valence-corrected chi connectivity index (χ4v) is 2.52. The lowest BCUT2D eigenvalue weighted by molar-refractivity contribution is 0.300. The van der Waals surface area contributed by atoms with Crippen molar-refractivity contribution in [2.75, 3.05) is 13.2 Å². The van der Waals surface area contributed by atoms with Gasteiger partial charge >= 0.3 is 5.63 Å². The maximum Gasteiger partial charge on any atom is 0.336 e. The van der Waals surface area contributed by atoms with Gasteiger partial charge in [0.2, 0.25) is 0 Å². The third kappa shape index (κ3) is 8.79. The van der Waals surface area contributed by atoms with E-state index in [0.717, 1.165) is 16.5 Å². The SMILES string of the molecule is C=C/C=C\C=C(/C)COc1cc2ccc(=O)oc2cc1OCC(/C=C\C)=C/C=C.CC. The van der Waals surface area contributed by atoms with Crippen molar-refractivity contribution in [1.82, 2.24) is 0 Å². The minimum Gasteiger partial charge on any atom is -0.485 e. The van der Waals surface area contributed by atoms with E-state index in [1.54, 1.807) is 24.3 Å². The number of hydrogen-bond acceptors (Lipinski definition) is 4. The summed E-state index contributed by atoms with van der Waals surface area (Å²) in [7, 11) is 0. The van der Waals surface area contributed by atoms with Crippen LogP contribution >= 0.6 is 0 Å². The Kier molecular flexibility index (Phi) is 11.9. The third-order valence-electron chi connectivity index (χ3n) is 3.88. The summed E-state index contributed by atoms with van der Waals surface area (Å²) >= 11 is 0. The number of fused-ring (bicyclic) bond motifs is 1. The van der Waals surface area contributed by atoms with Crippen LogP contribution in [0.1, 0.15) is 27.7 Å². The molecule has 0 N–H and O–H groups in total. The zero-order valence-corrected chi connectivity index (χ0v) is 18.9. The van der Waals surface area contributed by atoms with Crippen LogP contribution in [0.5, 0.6) is 11.5 Å². The number of ether oxygens (including phenoxy) is 2. The minimum atomic E-state index is -0.411. The van der Waals surface area contributed by atoms with Gasteiger partial charge in [-0.05, 0) is 37.1 Å². The normalized spacial score (nSPS) is 12.0. The van der Waals surface area contributed by atoms with Gasteiger partial charge in [0.15, 0.2) is 11.5 Å². The van der Waals surface area contributed by atoms with E-state index < -0.39 is 5.63 Å². The summed E-state index contributed by atoms with van der Waals surface area (Å²) in [5.74, 6) is 1.07. The van der Waals surface area contributed by atoms with Crippen LogP contribution in [0.4, 0.5) is 0 Å². The summed E-state index contributed by atoms with van der Waals surface area (Å²) in [4.78, 5) is 11.6. The molecular formula is C27H32O4. The lowest BCUT2D eigenvalue weighted by Crippen LogP contribution is -2.05. The second-order valence-corrected chi connectivity index (χ2v) is 6.28. The quantitative estimate of drug-likeness (QED) is 0.308. The molecule has 0 aliphatic heterocycles. The molecule has 1 aromatic carbocycles. The first-order chi connectivity index (χ1) is 15.1. The predicted molar refractivity (Wildman–Crippen MR) is 131 cm³/mol. The lowest BCUT2D eigenvalue weighted by Gasteiger charge is -2.14. The van der Waals surface area contributed by atoms with Crippen LogP contribution in [0, 0.1) is 0 Å². The minimum absolute atomic E-state index is 0.326. The van der Waals surface area contributed by atoms with Crippen molar-refractivity contribution in [1.29, 1.82) is 0 Å². The van der Waals surface area contributed by atoms with Gasteiger partial charge in [0.1, 0.15) is 18.8 Å². The molecule has 0 fully saturated rings. The summed E-state index contributed by atoms with van der Waals surface area (Å²) in [6.07, 6.45) is 14.9. The van der Waals surface area contributed by atoms with E-state index in [0.29, 0.717) is 30.3 Å². The molecule has 0 spiro atoms. The molecule has 1 heterocycles. The van der Waals surface area contributed by atoms with Gasteiger partial charge in [-0.1, -0.05) is 75.6 Å². The zero-order chi connectivity index (χ0) is 23.1. The molecule has 31 heavy (non-hydrogen) atoms. The van der Waals surface area contributed by atoms with E-state index in [4.69, 9.17) is 13.9 Å². The summed E-state index contributed by atoms with van der Waals surface area (Å²) < 4.78 is 17.3. The van der Waals surface area contributed by atoms with E-state index in [1.165, 1.54) is 6.07 Å². The van der Waals surface area contributed by atoms with E-state index >= 15 is 0 Å². The van der Waals surface area contributed by atoms with Crippen LogP contribution < -0.4 is 15.1 Å². The Morgan fingerprint density at radius 1 is 1.00 bits per heavy atom. The van der Waals surface area contributed by atoms with Gasteiger partial charge in [0, 0.05) is 17.5 Å². The van der Waals surface area contributed by atoms with Crippen LogP contribution in [-0.4, -0.2) is 13.2 Å². The molecule has 0 unspecified atom stereocenters. The third-order valence-corrected chi connectivity index (χ3v) is 3.88. The van der Waals surface area contributed by atoms with Gasteiger partial charge in [0.05, 0.1) is 0 Å². The Labute approximate surface area is 185 Å². The molecule has 0 saturated carbocycles. The second-order valence-electron chi connectivity index (χ2n) is 6.28. The van der Waals surface area contributed by atoms with Crippen molar-refractivity contribution in [2.45, 2.75) is 27.7 Å². The molecule has 0 saturated heterocycles. The molecule has 164 valence electrons. The highest BCUT2D eigenvalue weighted by Crippen LogP contribution is 2.33. The molecule has 4 heteroatoms. The van der Waals surface area contributed by atoms with Gasteiger partial charge in [-0.3, -0.25) is 0 Å². The Balaban J connectivity index is 0.00000233. The van der Waals surface area contributed by atoms with Gasteiger partial charge in [-0.2, -0.15) is 0 Å². The maximum absolute atomic E-state index is 11.6. The summed E-state index contributed by atoms with van der Waals surface area (Å²) in [5, 5.41) is 0.760. The highest BCUT2D eigenvalue weighted by Gasteiger charge is 2.11. The number of allylic oxidation sites excluding steroid dienone is 7. The number of rotatable bonds is 10. The van der Waals surface area contributed by atoms with Crippen molar-refractivity contribution < 1.29 is 13.9 Å². The molecule has 0 atom stereocenters.